The van der Waals surface area contributed by atoms with Crippen LogP contribution in [0.5, 0.6) is 5.75 Å². The Balaban J connectivity index is 1.42. The van der Waals surface area contributed by atoms with E-state index in [-0.39, 0.29) is 33.8 Å². The van der Waals surface area contributed by atoms with Gasteiger partial charge < -0.3 is 4.74 Å². The van der Waals surface area contributed by atoms with E-state index in [1.165, 1.54) is 35.6 Å². The minimum Gasteiger partial charge on any atom is -0.495 e. The molecule has 0 unspecified atom stereocenters. The van der Waals surface area contributed by atoms with Gasteiger partial charge in [0.2, 0.25) is 0 Å². The highest BCUT2D eigenvalue weighted by Crippen LogP contribution is 2.39. The fraction of sp³-hybridized carbons (Fsp3) is 0.344. The zero-order valence-electron chi connectivity index (χ0n) is 25.4. The van der Waals surface area contributed by atoms with Crippen LogP contribution in [0.1, 0.15) is 43.5 Å². The zero-order chi connectivity index (χ0) is 33.2. The van der Waals surface area contributed by atoms with Crippen LogP contribution < -0.4 is 4.74 Å². The second-order valence-electron chi connectivity index (χ2n) is 11.5. The molecule has 0 spiro atoms. The van der Waals surface area contributed by atoms with Gasteiger partial charge in [-0.25, -0.2) is 27.2 Å². The van der Waals surface area contributed by atoms with Gasteiger partial charge in [0.1, 0.15) is 17.3 Å². The van der Waals surface area contributed by atoms with Crippen LogP contribution in [0.3, 0.4) is 0 Å². The van der Waals surface area contributed by atoms with E-state index in [1.807, 2.05) is 24.8 Å². The van der Waals surface area contributed by atoms with E-state index in [9.17, 15) is 17.6 Å². The number of carbonyl (C=O) groups excluding carboxylic acids is 1. The Kier molecular flexibility index (Phi) is 10.4. The third kappa shape index (κ3) is 7.41. The molecule has 0 aliphatic carbocycles. The molecule has 0 N–H and O–H groups in total. The number of Topliss-reactive ketones (excluding diaryl/α,β-unsaturated/α-hetero) is 1. The molecule has 2 aromatic heterocycles. The third-order valence-electron chi connectivity index (χ3n) is 7.93. The molecule has 46 heavy (non-hydrogen) atoms. The number of aromatic nitrogens is 3. The number of ketones is 1. The molecule has 1 fully saturated rings. The Morgan fingerprint density at radius 3 is 2.43 bits per heavy atom. The summed E-state index contributed by atoms with van der Waals surface area (Å²) in [6.07, 6.45) is 4.54. The SMILES string of the molecule is COc1cc(C(C)(C)c2cnc(SCc3ccc(S(=O)(=O)CC(=O)CN4CCCC4)cc3Cl)n2-c2ncc(F)cc2F)ccc1Cl. The van der Waals surface area contributed by atoms with Crippen molar-refractivity contribution in [2.45, 2.75) is 47.9 Å². The van der Waals surface area contributed by atoms with Gasteiger partial charge in [-0.2, -0.15) is 0 Å². The molecule has 0 amide bonds. The van der Waals surface area contributed by atoms with Gasteiger partial charge in [0.25, 0.3) is 0 Å². The monoisotopic (exact) mass is 708 g/mol. The molecule has 1 saturated heterocycles. The lowest BCUT2D eigenvalue weighted by Gasteiger charge is -2.27. The molecule has 3 heterocycles. The molecule has 1 aliphatic heterocycles. The lowest BCUT2D eigenvalue weighted by atomic mass is 9.81. The fourth-order valence-electron chi connectivity index (χ4n) is 5.36. The van der Waals surface area contributed by atoms with Crippen molar-refractivity contribution >= 4 is 50.6 Å². The second-order valence-corrected chi connectivity index (χ2v) is 15.3. The van der Waals surface area contributed by atoms with Crippen molar-refractivity contribution < 1.29 is 26.7 Å². The molecule has 14 heteroatoms. The lowest BCUT2D eigenvalue weighted by Crippen LogP contribution is -2.30. The number of methoxy groups -OCH3 is 1. The molecule has 244 valence electrons. The van der Waals surface area contributed by atoms with Crippen molar-refractivity contribution in [1.29, 1.82) is 0 Å². The molecular weight excluding hydrogens is 677 g/mol. The number of carbonyl (C=O) groups is 1. The number of rotatable bonds is 12. The first kappa shape index (κ1) is 34.3. The molecule has 1 aliphatic rings. The number of hydrogen-bond donors (Lipinski definition) is 0. The molecule has 0 radical (unpaired) electrons. The predicted octanol–water partition coefficient (Wildman–Crippen LogP) is 6.92. The Hall–Kier alpha value is -3.03. The summed E-state index contributed by atoms with van der Waals surface area (Å²) in [4.78, 5) is 23.0. The zero-order valence-corrected chi connectivity index (χ0v) is 28.5. The first-order valence-electron chi connectivity index (χ1n) is 14.4. The van der Waals surface area contributed by atoms with Crippen molar-refractivity contribution in [2.24, 2.45) is 0 Å². The number of nitrogens with zero attached hydrogens (tertiary/aromatic N) is 4. The normalized spacial score (nSPS) is 14.2. The number of hydrogen-bond acceptors (Lipinski definition) is 8. The van der Waals surface area contributed by atoms with Crippen LogP contribution in [-0.2, 0) is 25.8 Å². The van der Waals surface area contributed by atoms with Crippen LogP contribution in [0.25, 0.3) is 5.82 Å². The van der Waals surface area contributed by atoms with Crippen LogP contribution in [0.15, 0.2) is 64.9 Å². The van der Waals surface area contributed by atoms with Crippen molar-refractivity contribution in [3.63, 3.8) is 0 Å². The minimum atomic E-state index is -3.89. The van der Waals surface area contributed by atoms with Gasteiger partial charge in [-0.3, -0.25) is 14.3 Å². The summed E-state index contributed by atoms with van der Waals surface area (Å²) in [5, 5.41) is 0.975. The number of thioether (sulfide) groups is 1. The van der Waals surface area contributed by atoms with E-state index in [4.69, 9.17) is 27.9 Å². The van der Waals surface area contributed by atoms with Crippen LogP contribution in [0.2, 0.25) is 10.0 Å². The number of ether oxygens (including phenoxy) is 1. The van der Waals surface area contributed by atoms with Crippen molar-refractivity contribution in [3.05, 3.63) is 93.4 Å². The van der Waals surface area contributed by atoms with Crippen LogP contribution >= 0.6 is 35.0 Å². The first-order valence-corrected chi connectivity index (χ1v) is 17.8. The summed E-state index contributed by atoms with van der Waals surface area (Å²) in [7, 11) is -2.38. The highest BCUT2D eigenvalue weighted by molar-refractivity contribution is 7.98. The average Bonchev–Trinajstić information content (AvgIpc) is 3.67. The smallest absolute Gasteiger partial charge is 0.185 e. The highest BCUT2D eigenvalue weighted by Gasteiger charge is 2.32. The molecule has 0 saturated carbocycles. The minimum absolute atomic E-state index is 0.0393. The summed E-state index contributed by atoms with van der Waals surface area (Å²) in [5.74, 6) is -2.09. The average molecular weight is 710 g/mol. The van der Waals surface area contributed by atoms with Gasteiger partial charge >= 0.3 is 0 Å². The van der Waals surface area contributed by atoms with Crippen molar-refractivity contribution in [3.8, 4) is 11.6 Å². The van der Waals surface area contributed by atoms with Gasteiger partial charge in [-0.1, -0.05) is 60.9 Å². The van der Waals surface area contributed by atoms with E-state index in [2.05, 4.69) is 9.97 Å². The van der Waals surface area contributed by atoms with E-state index < -0.39 is 32.6 Å². The second kappa shape index (κ2) is 14.0. The number of pyridine rings is 1. The van der Waals surface area contributed by atoms with Gasteiger partial charge in [0.05, 0.1) is 41.7 Å². The summed E-state index contributed by atoms with van der Waals surface area (Å²) in [6, 6.07) is 10.4. The van der Waals surface area contributed by atoms with Gasteiger partial charge in [0, 0.05) is 22.3 Å². The van der Waals surface area contributed by atoms with E-state index in [1.54, 1.807) is 24.4 Å². The van der Waals surface area contributed by atoms with Crippen molar-refractivity contribution in [1.82, 2.24) is 19.4 Å². The molecule has 0 bridgehead atoms. The van der Waals surface area contributed by atoms with Crippen LogP contribution in [-0.4, -0.2) is 66.1 Å². The number of halogens is 4. The first-order chi connectivity index (χ1) is 21.8. The van der Waals surface area contributed by atoms with E-state index >= 15 is 4.39 Å². The van der Waals surface area contributed by atoms with Gasteiger partial charge in [0.15, 0.2) is 32.4 Å². The molecule has 2 aromatic carbocycles. The maximum atomic E-state index is 15.2. The fourth-order valence-corrected chi connectivity index (χ4v) is 8.18. The number of sulfone groups is 1. The quantitative estimate of drug-likeness (QED) is 0.147. The Bertz CT molecular complexity index is 1880. The van der Waals surface area contributed by atoms with Gasteiger partial charge in [-0.05, 0) is 61.3 Å². The summed E-state index contributed by atoms with van der Waals surface area (Å²) in [6.45, 7) is 5.54. The van der Waals surface area contributed by atoms with Gasteiger partial charge in [-0.15, -0.1) is 0 Å². The Morgan fingerprint density at radius 1 is 1.02 bits per heavy atom. The summed E-state index contributed by atoms with van der Waals surface area (Å²) >= 11 is 14.0. The molecule has 4 aromatic rings. The summed E-state index contributed by atoms with van der Waals surface area (Å²) < 4.78 is 62.0. The maximum Gasteiger partial charge on any atom is 0.185 e. The third-order valence-corrected chi connectivity index (χ3v) is 11.3. The van der Waals surface area contributed by atoms with Crippen LogP contribution in [0.4, 0.5) is 8.78 Å². The number of likely N-dealkylation sites (tertiary alicyclic amines) is 1. The molecule has 5 rings (SSSR count). The van der Waals surface area contributed by atoms with Crippen LogP contribution in [0, 0.1) is 11.6 Å². The largest absolute Gasteiger partial charge is 0.495 e. The predicted molar refractivity (Wildman–Crippen MR) is 175 cm³/mol. The maximum absolute atomic E-state index is 15.2. The topological polar surface area (TPSA) is 94.4 Å². The number of imidazole rings is 1. The lowest BCUT2D eigenvalue weighted by molar-refractivity contribution is -0.117. The van der Waals surface area contributed by atoms with Crippen molar-refractivity contribution in [2.75, 3.05) is 32.5 Å². The molecule has 8 nitrogen and oxygen atoms in total. The standard InChI is InChI=1S/C32H32Cl2F2N4O4S2/c1-32(2,21-7-9-25(33)28(12-21)44-3)29-16-38-31(40(29)30-27(36)13-22(35)15-37-30)45-18-20-6-8-24(14-26(20)34)46(42,43)19-23(41)17-39-10-4-5-11-39/h6-9,12-16H,4-5,10-11,17-19H2,1-3H3. The number of benzene rings is 2. The Labute approximate surface area is 281 Å². The van der Waals surface area contributed by atoms with E-state index in [0.29, 0.717) is 27.2 Å². The Morgan fingerprint density at radius 2 is 1.76 bits per heavy atom. The highest BCUT2D eigenvalue weighted by atomic mass is 35.5. The molecule has 0 atom stereocenters. The molecular formula is C32H32Cl2F2N4O4S2. The summed E-state index contributed by atoms with van der Waals surface area (Å²) in [5.41, 5.74) is 1.18. The van der Waals surface area contributed by atoms with E-state index in [0.717, 1.165) is 43.8 Å².